The third-order valence-corrected chi connectivity index (χ3v) is 3.75. The Morgan fingerprint density at radius 3 is 2.69 bits per heavy atom. The highest BCUT2D eigenvalue weighted by atomic mass is 79.9. The number of aliphatic hydroxyl groups is 1. The van der Waals surface area contributed by atoms with Gasteiger partial charge in [-0.05, 0) is 47.7 Å². The molecule has 0 aromatic carbocycles. The van der Waals surface area contributed by atoms with Gasteiger partial charge in [0.2, 0.25) is 0 Å². The number of rotatable bonds is 2. The van der Waals surface area contributed by atoms with Crippen molar-refractivity contribution in [1.82, 2.24) is 4.98 Å². The first-order valence-corrected chi connectivity index (χ1v) is 6.53. The average molecular weight is 285 g/mol. The maximum absolute atomic E-state index is 9.24. The molecule has 1 N–H and O–H groups in total. The Morgan fingerprint density at radius 2 is 2.06 bits per heavy atom. The summed E-state index contributed by atoms with van der Waals surface area (Å²) in [6, 6.07) is 0. The van der Waals surface area contributed by atoms with Crippen molar-refractivity contribution in [3.8, 4) is 0 Å². The molecule has 2 rings (SSSR count). The second kappa shape index (κ2) is 5.15. The number of halogens is 1. The lowest BCUT2D eigenvalue weighted by molar-refractivity contribution is 0.276. The minimum Gasteiger partial charge on any atom is -0.390 e. The predicted octanol–water partition coefficient (Wildman–Crippen LogP) is 2.64. The van der Waals surface area contributed by atoms with Crippen LogP contribution in [0, 0.1) is 6.92 Å². The molecule has 1 aliphatic rings. The van der Waals surface area contributed by atoms with Gasteiger partial charge in [-0.2, -0.15) is 0 Å². The van der Waals surface area contributed by atoms with Crippen LogP contribution in [0.4, 0.5) is 5.69 Å². The number of hydrogen-bond donors (Lipinski definition) is 1. The second-order valence-corrected chi connectivity index (χ2v) is 5.09. The van der Waals surface area contributed by atoms with Gasteiger partial charge in [0.1, 0.15) is 0 Å². The normalized spacial score (nSPS) is 16.6. The van der Waals surface area contributed by atoms with Gasteiger partial charge in [-0.25, -0.2) is 0 Å². The number of anilines is 1. The largest absolute Gasteiger partial charge is 0.390 e. The standard InChI is InChI=1S/C12H17BrN2O/c1-9-11(8-16)14-7-10(13)12(9)15-5-3-2-4-6-15/h7,16H,2-6,8H2,1H3. The zero-order valence-electron chi connectivity index (χ0n) is 9.54. The Hall–Kier alpha value is -0.610. The van der Waals surface area contributed by atoms with E-state index >= 15 is 0 Å². The van der Waals surface area contributed by atoms with E-state index < -0.39 is 0 Å². The molecule has 0 unspecified atom stereocenters. The van der Waals surface area contributed by atoms with E-state index in [1.165, 1.54) is 24.9 Å². The predicted molar refractivity (Wildman–Crippen MR) is 68.7 cm³/mol. The van der Waals surface area contributed by atoms with E-state index in [0.717, 1.165) is 28.8 Å². The van der Waals surface area contributed by atoms with Crippen LogP contribution in [0.25, 0.3) is 0 Å². The van der Waals surface area contributed by atoms with Gasteiger partial charge in [0.05, 0.1) is 22.5 Å². The number of aromatic nitrogens is 1. The van der Waals surface area contributed by atoms with E-state index in [2.05, 4.69) is 25.8 Å². The van der Waals surface area contributed by atoms with Gasteiger partial charge in [-0.1, -0.05) is 0 Å². The Labute approximate surface area is 105 Å². The SMILES string of the molecule is Cc1c(CO)ncc(Br)c1N1CCCCC1. The van der Waals surface area contributed by atoms with Crippen LogP contribution >= 0.6 is 15.9 Å². The lowest BCUT2D eigenvalue weighted by atomic mass is 10.1. The van der Waals surface area contributed by atoms with Crippen LogP contribution in [0.2, 0.25) is 0 Å². The summed E-state index contributed by atoms with van der Waals surface area (Å²) >= 11 is 3.56. The number of hydrogen-bond acceptors (Lipinski definition) is 3. The fraction of sp³-hybridized carbons (Fsp3) is 0.583. The molecule has 0 saturated carbocycles. The van der Waals surface area contributed by atoms with E-state index in [-0.39, 0.29) is 6.61 Å². The Balaban J connectivity index is 2.37. The Morgan fingerprint density at radius 1 is 1.38 bits per heavy atom. The van der Waals surface area contributed by atoms with Crippen LogP contribution in [-0.2, 0) is 6.61 Å². The summed E-state index contributed by atoms with van der Waals surface area (Å²) in [6.45, 7) is 4.26. The van der Waals surface area contributed by atoms with Crippen LogP contribution in [-0.4, -0.2) is 23.2 Å². The first-order chi connectivity index (χ1) is 7.74. The van der Waals surface area contributed by atoms with Crippen LogP contribution in [0.3, 0.4) is 0 Å². The van der Waals surface area contributed by atoms with Crippen molar-refractivity contribution in [3.05, 3.63) is 21.9 Å². The molecule has 0 atom stereocenters. The highest BCUT2D eigenvalue weighted by Gasteiger charge is 2.17. The van der Waals surface area contributed by atoms with Crippen molar-refractivity contribution in [2.45, 2.75) is 32.8 Å². The molecule has 1 aromatic heterocycles. The maximum Gasteiger partial charge on any atom is 0.0856 e. The molecule has 1 saturated heterocycles. The summed E-state index contributed by atoms with van der Waals surface area (Å²) < 4.78 is 1.03. The highest BCUT2D eigenvalue weighted by Crippen LogP contribution is 2.32. The number of pyridine rings is 1. The number of nitrogens with zero attached hydrogens (tertiary/aromatic N) is 2. The summed E-state index contributed by atoms with van der Waals surface area (Å²) in [7, 11) is 0. The van der Waals surface area contributed by atoms with Crippen molar-refractivity contribution in [1.29, 1.82) is 0 Å². The average Bonchev–Trinajstić information content (AvgIpc) is 2.31. The molecule has 16 heavy (non-hydrogen) atoms. The first-order valence-electron chi connectivity index (χ1n) is 5.74. The highest BCUT2D eigenvalue weighted by molar-refractivity contribution is 9.10. The van der Waals surface area contributed by atoms with Gasteiger partial charge >= 0.3 is 0 Å². The van der Waals surface area contributed by atoms with Gasteiger partial charge in [-0.3, -0.25) is 4.98 Å². The van der Waals surface area contributed by atoms with Gasteiger partial charge < -0.3 is 10.0 Å². The van der Waals surface area contributed by atoms with E-state index in [1.807, 2.05) is 6.92 Å². The van der Waals surface area contributed by atoms with Crippen molar-refractivity contribution in [3.63, 3.8) is 0 Å². The molecule has 4 heteroatoms. The summed E-state index contributed by atoms with van der Waals surface area (Å²) in [5, 5.41) is 9.24. The molecular formula is C12H17BrN2O. The number of piperidine rings is 1. The summed E-state index contributed by atoms with van der Waals surface area (Å²) in [5.74, 6) is 0. The second-order valence-electron chi connectivity index (χ2n) is 4.23. The van der Waals surface area contributed by atoms with E-state index in [4.69, 9.17) is 0 Å². The number of aliphatic hydroxyl groups excluding tert-OH is 1. The van der Waals surface area contributed by atoms with E-state index in [9.17, 15) is 5.11 Å². The summed E-state index contributed by atoms with van der Waals surface area (Å²) in [4.78, 5) is 6.62. The quantitative estimate of drug-likeness (QED) is 0.907. The fourth-order valence-electron chi connectivity index (χ4n) is 2.27. The van der Waals surface area contributed by atoms with E-state index in [1.54, 1.807) is 6.20 Å². The van der Waals surface area contributed by atoms with Gasteiger partial charge in [0.15, 0.2) is 0 Å². The van der Waals surface area contributed by atoms with E-state index in [0.29, 0.717) is 0 Å². The van der Waals surface area contributed by atoms with Crippen LogP contribution in [0.1, 0.15) is 30.5 Å². The van der Waals surface area contributed by atoms with Gasteiger partial charge in [0, 0.05) is 19.3 Å². The molecule has 0 aliphatic carbocycles. The fourth-order valence-corrected chi connectivity index (χ4v) is 2.92. The molecule has 1 aliphatic heterocycles. The van der Waals surface area contributed by atoms with Crippen molar-refractivity contribution in [2.75, 3.05) is 18.0 Å². The molecule has 3 nitrogen and oxygen atoms in total. The monoisotopic (exact) mass is 284 g/mol. The van der Waals surface area contributed by atoms with Crippen LogP contribution in [0.15, 0.2) is 10.7 Å². The van der Waals surface area contributed by atoms with Crippen LogP contribution < -0.4 is 4.90 Å². The Kier molecular flexibility index (Phi) is 3.82. The van der Waals surface area contributed by atoms with Crippen LogP contribution in [0.5, 0.6) is 0 Å². The summed E-state index contributed by atoms with van der Waals surface area (Å²) in [5.41, 5.74) is 3.08. The maximum atomic E-state index is 9.24. The molecule has 1 aromatic rings. The molecule has 0 spiro atoms. The lowest BCUT2D eigenvalue weighted by Crippen LogP contribution is -2.30. The lowest BCUT2D eigenvalue weighted by Gasteiger charge is -2.31. The smallest absolute Gasteiger partial charge is 0.0856 e. The van der Waals surface area contributed by atoms with Gasteiger partial charge in [0.25, 0.3) is 0 Å². The molecule has 0 radical (unpaired) electrons. The molecule has 88 valence electrons. The summed E-state index contributed by atoms with van der Waals surface area (Å²) in [6.07, 6.45) is 5.62. The zero-order valence-corrected chi connectivity index (χ0v) is 11.1. The minimum absolute atomic E-state index is 0.0138. The third-order valence-electron chi connectivity index (χ3n) is 3.17. The molecule has 0 bridgehead atoms. The first kappa shape index (κ1) is 11.9. The molecule has 2 heterocycles. The van der Waals surface area contributed by atoms with Gasteiger partial charge in [-0.15, -0.1) is 0 Å². The molecular weight excluding hydrogens is 268 g/mol. The molecule has 1 fully saturated rings. The van der Waals surface area contributed by atoms with Crippen molar-refractivity contribution >= 4 is 21.6 Å². The molecule has 0 amide bonds. The third kappa shape index (κ3) is 2.23. The van der Waals surface area contributed by atoms with Crippen molar-refractivity contribution < 1.29 is 5.11 Å². The van der Waals surface area contributed by atoms with Crippen molar-refractivity contribution in [2.24, 2.45) is 0 Å². The topological polar surface area (TPSA) is 36.4 Å². The minimum atomic E-state index is 0.0138. The Bertz CT molecular complexity index is 376. The zero-order chi connectivity index (χ0) is 11.5.